The van der Waals surface area contributed by atoms with Crippen molar-refractivity contribution in [3.8, 4) is 16.8 Å². The Morgan fingerprint density at radius 2 is 0.931 bits per heavy atom. The Kier molecular flexibility index (Phi) is 12.5. The molecular formula is C81H73BN4S. The van der Waals surface area contributed by atoms with E-state index in [4.69, 9.17) is 0 Å². The van der Waals surface area contributed by atoms with Crippen molar-refractivity contribution in [1.82, 2.24) is 4.57 Å². The van der Waals surface area contributed by atoms with Crippen LogP contribution in [0.1, 0.15) is 95.7 Å². The molecule has 2 aliphatic heterocycles. The predicted octanol–water partition coefficient (Wildman–Crippen LogP) is 21.2. The molecule has 0 saturated heterocycles. The highest BCUT2D eigenvalue weighted by Crippen LogP contribution is 2.50. The van der Waals surface area contributed by atoms with Crippen molar-refractivity contribution in [2.75, 3.05) is 14.7 Å². The number of rotatable bonds is 7. The number of aromatic nitrogens is 1. The number of thiophene rings is 1. The highest BCUT2D eigenvalue weighted by molar-refractivity contribution is 7.25. The van der Waals surface area contributed by atoms with Crippen LogP contribution in [-0.4, -0.2) is 11.3 Å². The first-order valence-corrected chi connectivity index (χ1v) is 31.7. The van der Waals surface area contributed by atoms with Crippen LogP contribution in [0.25, 0.3) is 58.8 Å². The summed E-state index contributed by atoms with van der Waals surface area (Å²) in [4.78, 5) is 7.71. The van der Waals surface area contributed by atoms with Gasteiger partial charge in [-0.15, -0.1) is 11.3 Å². The molecule has 11 aromatic carbocycles. The van der Waals surface area contributed by atoms with Gasteiger partial charge in [0, 0.05) is 82.1 Å². The van der Waals surface area contributed by atoms with E-state index in [9.17, 15) is 0 Å². The highest BCUT2D eigenvalue weighted by Gasteiger charge is 2.45. The monoisotopic (exact) mass is 1140 g/mol. The molecule has 2 aromatic heterocycles. The molecule has 15 rings (SSSR count). The fourth-order valence-electron chi connectivity index (χ4n) is 14.2. The zero-order valence-corrected chi connectivity index (χ0v) is 53.0. The third-order valence-electron chi connectivity index (χ3n) is 18.7. The minimum atomic E-state index is -0.0855. The van der Waals surface area contributed by atoms with E-state index >= 15 is 0 Å². The molecule has 13 aromatic rings. The Hall–Kier alpha value is -9.10. The van der Waals surface area contributed by atoms with Crippen molar-refractivity contribution >= 4 is 128 Å². The third kappa shape index (κ3) is 9.00. The minimum absolute atomic E-state index is 0.00648. The maximum Gasteiger partial charge on any atom is 0.252 e. The number of benzene rings is 11. The number of anilines is 9. The summed E-state index contributed by atoms with van der Waals surface area (Å²) in [5, 5.41) is 5.12. The van der Waals surface area contributed by atoms with Gasteiger partial charge in [0.15, 0.2) is 0 Å². The molecule has 0 aliphatic carbocycles. The third-order valence-corrected chi connectivity index (χ3v) is 19.8. The van der Waals surface area contributed by atoms with Gasteiger partial charge >= 0.3 is 0 Å². The Morgan fingerprint density at radius 3 is 1.63 bits per heavy atom. The second kappa shape index (κ2) is 20.0. The van der Waals surface area contributed by atoms with Gasteiger partial charge in [0.25, 0.3) is 6.71 Å². The van der Waals surface area contributed by atoms with Crippen LogP contribution in [0.15, 0.2) is 224 Å². The molecule has 0 unspecified atom stereocenters. The fraction of sp³-hybridized carbons (Fsp3) is 0.185. The molecule has 0 radical (unpaired) electrons. The van der Waals surface area contributed by atoms with E-state index in [2.05, 4.69) is 327 Å². The zero-order chi connectivity index (χ0) is 60.0. The molecule has 0 amide bonds. The van der Waals surface area contributed by atoms with Crippen molar-refractivity contribution in [2.45, 2.75) is 99.3 Å². The summed E-state index contributed by atoms with van der Waals surface area (Å²) in [7, 11) is 0. The second-order valence-electron chi connectivity index (χ2n) is 27.7. The van der Waals surface area contributed by atoms with Crippen molar-refractivity contribution < 1.29 is 0 Å². The van der Waals surface area contributed by atoms with E-state index in [-0.39, 0.29) is 23.0 Å². The molecular weight excluding hydrogens is 1070 g/mol. The Morgan fingerprint density at radius 1 is 0.368 bits per heavy atom. The van der Waals surface area contributed by atoms with Crippen LogP contribution in [0.5, 0.6) is 0 Å². The van der Waals surface area contributed by atoms with Gasteiger partial charge in [0.2, 0.25) is 0 Å². The summed E-state index contributed by atoms with van der Waals surface area (Å²) in [5.41, 5.74) is 27.9. The van der Waals surface area contributed by atoms with Crippen LogP contribution < -0.4 is 31.1 Å². The van der Waals surface area contributed by atoms with Crippen LogP contribution in [0.3, 0.4) is 0 Å². The molecule has 6 heteroatoms. The SMILES string of the molecule is Cc1cc2c3c(c1)N(c1c(C)cc(-c4ccc5c(c4)sc4ccccc45)cc1C)c1ccc(C(C)(C)C)cc1B3c1ccc(N(c3ccc(C(C)(C)C)cc3)c3ccc4c5ccccc5n(-c5ccccc5)c4c3)cc1N2c1ccc(C(C)(C)C)cc1. The van der Waals surface area contributed by atoms with E-state index in [0.717, 1.165) is 28.4 Å². The van der Waals surface area contributed by atoms with Crippen molar-refractivity contribution in [3.05, 3.63) is 258 Å². The van der Waals surface area contributed by atoms with Gasteiger partial charge in [-0.05, 0) is 207 Å². The molecule has 87 heavy (non-hydrogen) atoms. The Labute approximate surface area is 517 Å². The standard InChI is InChI=1S/C81H73BN4S/c1-50-42-73-77-74(43-50)86(78-51(2)44-54(45-52(78)3)53-26-38-66-65-23-17-19-25-75(65)87-76(66)46-53)70-41-31-57(81(10,11)12)47-68(70)82(77)67-40-37-62(49-72(67)85(73)60-34-29-56(30-35-60)80(7,8)9)83(59-32-27-55(28-33-59)79(4,5)6)61-36-39-64-63-22-16-18-24-69(63)84(71(64)48-61)58-20-14-13-15-21-58/h13-49H,1-12H3. The normalized spacial score (nSPS) is 13.2. The quantitative estimate of drug-likeness (QED) is 0.148. The summed E-state index contributed by atoms with van der Waals surface area (Å²) >= 11 is 1.88. The van der Waals surface area contributed by atoms with E-state index in [0.29, 0.717) is 0 Å². The molecule has 0 bridgehead atoms. The summed E-state index contributed by atoms with van der Waals surface area (Å²) in [6.45, 7) is 27.7. The first kappa shape index (κ1) is 54.6. The number of fused-ring (bicyclic) bond motifs is 10. The minimum Gasteiger partial charge on any atom is -0.311 e. The van der Waals surface area contributed by atoms with E-state index < -0.39 is 0 Å². The van der Waals surface area contributed by atoms with Crippen LogP contribution in [0, 0.1) is 20.8 Å². The molecule has 426 valence electrons. The molecule has 0 saturated carbocycles. The van der Waals surface area contributed by atoms with Gasteiger partial charge in [0.05, 0.1) is 16.7 Å². The summed E-state index contributed by atoms with van der Waals surface area (Å²) in [6.07, 6.45) is 0. The number of aryl methyl sites for hydroxylation is 3. The molecule has 0 fully saturated rings. The molecule has 0 spiro atoms. The average molecular weight is 1150 g/mol. The summed E-state index contributed by atoms with van der Waals surface area (Å²) in [5.74, 6) is 0. The van der Waals surface area contributed by atoms with Gasteiger partial charge in [-0.3, -0.25) is 0 Å². The molecule has 4 heterocycles. The van der Waals surface area contributed by atoms with E-state index in [1.54, 1.807) is 0 Å². The lowest BCUT2D eigenvalue weighted by molar-refractivity contribution is 0.590. The maximum absolute atomic E-state index is 2.63. The van der Waals surface area contributed by atoms with Gasteiger partial charge in [0.1, 0.15) is 0 Å². The highest BCUT2D eigenvalue weighted by atomic mass is 32.1. The van der Waals surface area contributed by atoms with Crippen LogP contribution in [0.4, 0.5) is 51.2 Å². The second-order valence-corrected chi connectivity index (χ2v) is 28.8. The maximum atomic E-state index is 2.63. The van der Waals surface area contributed by atoms with Gasteiger partial charge in [-0.2, -0.15) is 0 Å². The Bertz CT molecular complexity index is 4890. The number of nitrogens with zero attached hydrogens (tertiary/aromatic N) is 4. The van der Waals surface area contributed by atoms with Crippen LogP contribution in [-0.2, 0) is 16.2 Å². The lowest BCUT2D eigenvalue weighted by Gasteiger charge is -2.45. The Balaban J connectivity index is 0.959. The van der Waals surface area contributed by atoms with Crippen LogP contribution >= 0.6 is 11.3 Å². The predicted molar refractivity (Wildman–Crippen MR) is 378 cm³/mol. The van der Waals surface area contributed by atoms with E-state index in [1.165, 1.54) is 131 Å². The van der Waals surface area contributed by atoms with Crippen molar-refractivity contribution in [2.24, 2.45) is 0 Å². The van der Waals surface area contributed by atoms with Gasteiger partial charge in [-0.25, -0.2) is 0 Å². The number of para-hydroxylation sites is 2. The zero-order valence-electron chi connectivity index (χ0n) is 52.1. The summed E-state index contributed by atoms with van der Waals surface area (Å²) < 4.78 is 5.08. The lowest BCUT2D eigenvalue weighted by Crippen LogP contribution is -2.61. The smallest absolute Gasteiger partial charge is 0.252 e. The number of hydrogen-bond acceptors (Lipinski definition) is 4. The molecule has 0 N–H and O–H groups in total. The van der Waals surface area contributed by atoms with Gasteiger partial charge < -0.3 is 19.3 Å². The first-order valence-electron chi connectivity index (χ1n) is 30.9. The topological polar surface area (TPSA) is 14.7 Å². The fourth-order valence-corrected chi connectivity index (χ4v) is 15.4. The van der Waals surface area contributed by atoms with E-state index in [1.807, 2.05) is 11.3 Å². The van der Waals surface area contributed by atoms with Gasteiger partial charge in [-0.1, -0.05) is 178 Å². The van der Waals surface area contributed by atoms with Crippen LogP contribution in [0.2, 0.25) is 0 Å². The average Bonchev–Trinajstić information content (AvgIpc) is 1.05. The number of hydrogen-bond donors (Lipinski definition) is 0. The first-order chi connectivity index (χ1) is 41.8. The molecule has 0 atom stereocenters. The lowest BCUT2D eigenvalue weighted by atomic mass is 9.33. The summed E-state index contributed by atoms with van der Waals surface area (Å²) in [6, 6.07) is 85.8. The molecule has 2 aliphatic rings. The van der Waals surface area contributed by atoms with Crippen molar-refractivity contribution in [3.63, 3.8) is 0 Å². The molecule has 4 nitrogen and oxygen atoms in total. The largest absolute Gasteiger partial charge is 0.311 e. The van der Waals surface area contributed by atoms with Crippen molar-refractivity contribution in [1.29, 1.82) is 0 Å².